The molecule has 0 atom stereocenters. The van der Waals surface area contributed by atoms with Crippen LogP contribution in [0.25, 0.3) is 6.08 Å². The Bertz CT molecular complexity index is 1010. The Balaban J connectivity index is 2.52. The second-order valence-corrected chi connectivity index (χ2v) is 7.63. The van der Waals surface area contributed by atoms with Crippen molar-refractivity contribution >= 4 is 51.3 Å². The molecule has 0 amide bonds. The van der Waals surface area contributed by atoms with E-state index in [2.05, 4.69) is 9.47 Å². The molecule has 0 aliphatic carbocycles. The molecule has 10 heteroatoms. The Hall–Kier alpha value is -2.55. The average molecular weight is 445 g/mol. The summed E-state index contributed by atoms with van der Waals surface area (Å²) in [5, 5.41) is 0.575. The number of halogens is 2. The minimum Gasteiger partial charge on any atom is -0.465 e. The predicted octanol–water partition coefficient (Wildman–Crippen LogP) is 3.49. The molecule has 148 valence electrons. The van der Waals surface area contributed by atoms with Crippen molar-refractivity contribution in [1.29, 1.82) is 0 Å². The predicted molar refractivity (Wildman–Crippen MR) is 103 cm³/mol. The van der Waals surface area contributed by atoms with Crippen LogP contribution in [0, 0.1) is 0 Å². The van der Waals surface area contributed by atoms with Crippen LogP contribution in [0.5, 0.6) is 5.75 Å². The van der Waals surface area contributed by atoms with E-state index in [0.717, 1.165) is 20.3 Å². The normalized spacial score (nSPS) is 10.7. The van der Waals surface area contributed by atoms with Crippen LogP contribution in [0.1, 0.15) is 5.56 Å². The van der Waals surface area contributed by atoms with Gasteiger partial charge in [-0.3, -0.25) is 0 Å². The molecule has 2 aromatic rings. The number of carbonyl (C=O) groups is 2. The molecule has 0 N–H and O–H groups in total. The lowest BCUT2D eigenvalue weighted by atomic mass is 10.1. The molecule has 7 nitrogen and oxygen atoms in total. The highest BCUT2D eigenvalue weighted by molar-refractivity contribution is 7.87. The summed E-state index contributed by atoms with van der Waals surface area (Å²) in [6.45, 7) is 0. The highest BCUT2D eigenvalue weighted by Crippen LogP contribution is 2.29. The van der Waals surface area contributed by atoms with Crippen molar-refractivity contribution < 1.29 is 31.7 Å². The molecule has 0 aromatic heterocycles. The zero-order valence-electron chi connectivity index (χ0n) is 14.6. The summed E-state index contributed by atoms with van der Waals surface area (Å²) in [7, 11) is -2.05. The topological polar surface area (TPSA) is 96.0 Å². The number of hydrogen-bond acceptors (Lipinski definition) is 7. The van der Waals surface area contributed by atoms with Gasteiger partial charge in [0.25, 0.3) is 0 Å². The third-order valence-corrected chi connectivity index (χ3v) is 5.12. The first-order chi connectivity index (χ1) is 13.2. The first kappa shape index (κ1) is 21.7. The summed E-state index contributed by atoms with van der Waals surface area (Å²) in [6, 6.07) is 9.34. The summed E-state index contributed by atoms with van der Waals surface area (Å²) in [5.74, 6) is -2.11. The Morgan fingerprint density at radius 3 is 1.96 bits per heavy atom. The Morgan fingerprint density at radius 1 is 0.893 bits per heavy atom. The van der Waals surface area contributed by atoms with Gasteiger partial charge in [-0.15, -0.1) is 0 Å². The van der Waals surface area contributed by atoms with Crippen molar-refractivity contribution in [3.63, 3.8) is 0 Å². The molecule has 0 saturated heterocycles. The molecule has 28 heavy (non-hydrogen) atoms. The lowest BCUT2D eigenvalue weighted by Crippen LogP contribution is -2.16. The lowest BCUT2D eigenvalue weighted by Gasteiger charge is -2.11. The molecule has 0 aliphatic heterocycles. The summed E-state index contributed by atoms with van der Waals surface area (Å²) in [6.07, 6.45) is 1.07. The largest absolute Gasteiger partial charge is 0.465 e. The molecule has 0 spiro atoms. The quantitative estimate of drug-likeness (QED) is 0.221. The maximum absolute atomic E-state index is 12.5. The molecule has 2 aromatic carbocycles. The van der Waals surface area contributed by atoms with Crippen LogP contribution in [0.2, 0.25) is 10.0 Å². The van der Waals surface area contributed by atoms with Crippen LogP contribution in [-0.2, 0) is 29.2 Å². The van der Waals surface area contributed by atoms with Gasteiger partial charge in [0, 0.05) is 15.6 Å². The molecule has 0 unspecified atom stereocenters. The van der Waals surface area contributed by atoms with E-state index in [0.29, 0.717) is 5.02 Å². The van der Waals surface area contributed by atoms with Gasteiger partial charge in [-0.2, -0.15) is 8.42 Å². The molecule has 0 saturated carbocycles. The van der Waals surface area contributed by atoms with Gasteiger partial charge in [-0.05, 0) is 48.5 Å². The van der Waals surface area contributed by atoms with Gasteiger partial charge in [-0.1, -0.05) is 23.2 Å². The van der Waals surface area contributed by atoms with E-state index in [4.69, 9.17) is 27.4 Å². The van der Waals surface area contributed by atoms with Gasteiger partial charge in [0.1, 0.15) is 16.2 Å². The third kappa shape index (κ3) is 5.25. The number of methoxy groups -OCH3 is 2. The fourth-order valence-corrected chi connectivity index (χ4v) is 3.31. The molecular weight excluding hydrogens is 431 g/mol. The third-order valence-electron chi connectivity index (χ3n) is 3.38. The maximum Gasteiger partial charge on any atom is 0.345 e. The fourth-order valence-electron chi connectivity index (χ4n) is 2.05. The highest BCUT2D eigenvalue weighted by Gasteiger charge is 2.23. The SMILES string of the molecule is COC(=O)C(=Cc1cc(Cl)ccc1OS(=O)(=O)c1ccc(Cl)cc1)C(=O)OC. The number of ether oxygens (including phenoxy) is 2. The monoisotopic (exact) mass is 444 g/mol. The van der Waals surface area contributed by atoms with Gasteiger partial charge in [0.2, 0.25) is 0 Å². The van der Waals surface area contributed by atoms with E-state index in [1.807, 2.05) is 0 Å². The molecule has 0 aliphatic rings. The minimum absolute atomic E-state index is 0.0517. The van der Waals surface area contributed by atoms with E-state index in [1.165, 1.54) is 42.5 Å². The van der Waals surface area contributed by atoms with Crippen molar-refractivity contribution in [2.24, 2.45) is 0 Å². The number of carbonyl (C=O) groups excluding carboxylic acids is 2. The van der Waals surface area contributed by atoms with Crippen molar-refractivity contribution in [2.75, 3.05) is 14.2 Å². The highest BCUT2D eigenvalue weighted by atomic mass is 35.5. The fraction of sp³-hybridized carbons (Fsp3) is 0.111. The molecule has 0 bridgehead atoms. The molecular formula is C18H14Cl2O7S. The maximum atomic E-state index is 12.5. The number of hydrogen-bond donors (Lipinski definition) is 0. The Labute approximate surface area is 171 Å². The molecule has 0 fully saturated rings. The first-order valence-corrected chi connectivity index (χ1v) is 9.72. The van der Waals surface area contributed by atoms with Gasteiger partial charge >= 0.3 is 22.1 Å². The number of esters is 2. The van der Waals surface area contributed by atoms with Gasteiger partial charge in [0.05, 0.1) is 14.2 Å². The van der Waals surface area contributed by atoms with Crippen LogP contribution in [0.3, 0.4) is 0 Å². The zero-order valence-corrected chi connectivity index (χ0v) is 17.0. The first-order valence-electron chi connectivity index (χ1n) is 7.56. The lowest BCUT2D eigenvalue weighted by molar-refractivity contribution is -0.143. The van der Waals surface area contributed by atoms with Gasteiger partial charge in [0.15, 0.2) is 0 Å². The zero-order chi connectivity index (χ0) is 20.9. The summed E-state index contributed by atoms with van der Waals surface area (Å²) < 4.78 is 39.3. The number of benzene rings is 2. The van der Waals surface area contributed by atoms with Crippen molar-refractivity contribution in [2.45, 2.75) is 4.90 Å². The second-order valence-electron chi connectivity index (χ2n) is 5.21. The van der Waals surface area contributed by atoms with E-state index in [-0.39, 0.29) is 21.2 Å². The van der Waals surface area contributed by atoms with Crippen LogP contribution >= 0.6 is 23.2 Å². The van der Waals surface area contributed by atoms with Gasteiger partial charge < -0.3 is 13.7 Å². The van der Waals surface area contributed by atoms with Crippen LogP contribution in [0.15, 0.2) is 52.9 Å². The smallest absolute Gasteiger partial charge is 0.345 e. The molecule has 2 rings (SSSR count). The van der Waals surface area contributed by atoms with E-state index < -0.39 is 27.6 Å². The van der Waals surface area contributed by atoms with Gasteiger partial charge in [-0.25, -0.2) is 9.59 Å². The van der Waals surface area contributed by atoms with Crippen LogP contribution < -0.4 is 4.18 Å². The molecule has 0 radical (unpaired) electrons. The summed E-state index contributed by atoms with van der Waals surface area (Å²) in [5.41, 5.74) is -0.420. The standard InChI is InChI=1S/C18H14Cl2O7S/c1-25-17(21)15(18(22)26-2)10-11-9-13(20)5-8-16(11)27-28(23,24)14-6-3-12(19)4-7-14/h3-10H,1-2H3. The van der Waals surface area contributed by atoms with Crippen molar-refractivity contribution in [3.8, 4) is 5.75 Å². The Kier molecular flexibility index (Phi) is 7.06. The Morgan fingerprint density at radius 2 is 1.43 bits per heavy atom. The van der Waals surface area contributed by atoms with Crippen LogP contribution in [0.4, 0.5) is 0 Å². The average Bonchev–Trinajstić information content (AvgIpc) is 2.67. The summed E-state index contributed by atoms with van der Waals surface area (Å²) in [4.78, 5) is 23.6. The molecule has 0 heterocycles. The second kappa shape index (κ2) is 9.09. The van der Waals surface area contributed by atoms with Crippen molar-refractivity contribution in [3.05, 3.63) is 63.6 Å². The van der Waals surface area contributed by atoms with Crippen LogP contribution in [-0.4, -0.2) is 34.6 Å². The van der Waals surface area contributed by atoms with E-state index >= 15 is 0 Å². The van der Waals surface area contributed by atoms with Crippen molar-refractivity contribution in [1.82, 2.24) is 0 Å². The summed E-state index contributed by atoms with van der Waals surface area (Å²) >= 11 is 11.7. The minimum atomic E-state index is -4.22. The van der Waals surface area contributed by atoms with E-state index in [1.54, 1.807) is 0 Å². The number of rotatable bonds is 6. The van der Waals surface area contributed by atoms with E-state index in [9.17, 15) is 18.0 Å².